The van der Waals surface area contributed by atoms with Crippen molar-refractivity contribution in [2.45, 2.75) is 0 Å². The molecule has 1 rings (SSSR count). The van der Waals surface area contributed by atoms with E-state index >= 15 is 0 Å². The SMILES string of the molecule is CN=CC#Cc1ccc(OC)cc1. The summed E-state index contributed by atoms with van der Waals surface area (Å²) in [6.07, 6.45) is 1.57. The molecule has 0 fully saturated rings. The third kappa shape index (κ3) is 3.00. The molecule has 0 saturated carbocycles. The lowest BCUT2D eigenvalue weighted by atomic mass is 10.2. The van der Waals surface area contributed by atoms with Gasteiger partial charge in [-0.25, -0.2) is 0 Å². The summed E-state index contributed by atoms with van der Waals surface area (Å²) in [5.41, 5.74) is 0.959. The van der Waals surface area contributed by atoms with E-state index in [1.807, 2.05) is 24.3 Å². The summed E-state index contributed by atoms with van der Waals surface area (Å²) in [5.74, 6) is 6.59. The molecule has 0 radical (unpaired) electrons. The molecule has 0 heterocycles. The molecule has 0 aliphatic heterocycles. The molecule has 0 aromatic heterocycles. The molecule has 1 aromatic carbocycles. The van der Waals surface area contributed by atoms with E-state index in [4.69, 9.17) is 4.74 Å². The first-order valence-corrected chi connectivity index (χ1v) is 3.93. The number of nitrogens with zero attached hydrogens (tertiary/aromatic N) is 1. The van der Waals surface area contributed by atoms with Crippen LogP contribution in [0.15, 0.2) is 29.3 Å². The maximum absolute atomic E-state index is 5.02. The number of rotatable bonds is 1. The zero-order valence-electron chi connectivity index (χ0n) is 7.74. The van der Waals surface area contributed by atoms with E-state index in [1.165, 1.54) is 0 Å². The third-order valence-corrected chi connectivity index (χ3v) is 1.50. The van der Waals surface area contributed by atoms with Crippen molar-refractivity contribution in [2.24, 2.45) is 4.99 Å². The summed E-state index contributed by atoms with van der Waals surface area (Å²) >= 11 is 0. The zero-order valence-corrected chi connectivity index (χ0v) is 7.74. The minimum Gasteiger partial charge on any atom is -0.497 e. The number of aliphatic imine (C=N–C) groups is 1. The van der Waals surface area contributed by atoms with Crippen LogP contribution in [0.2, 0.25) is 0 Å². The van der Waals surface area contributed by atoms with Gasteiger partial charge in [0.05, 0.1) is 13.3 Å². The number of hydrogen-bond donors (Lipinski definition) is 0. The van der Waals surface area contributed by atoms with Gasteiger partial charge in [0.15, 0.2) is 0 Å². The quantitative estimate of drug-likeness (QED) is 0.468. The second kappa shape index (κ2) is 5.00. The molecule has 0 unspecified atom stereocenters. The Balaban J connectivity index is 2.76. The highest BCUT2D eigenvalue weighted by atomic mass is 16.5. The summed E-state index contributed by atoms with van der Waals surface area (Å²) in [6, 6.07) is 7.59. The molecule has 0 atom stereocenters. The molecule has 0 saturated heterocycles. The highest BCUT2D eigenvalue weighted by Crippen LogP contribution is 2.09. The van der Waals surface area contributed by atoms with Gasteiger partial charge in [0, 0.05) is 12.6 Å². The number of methoxy groups -OCH3 is 1. The average Bonchev–Trinajstić information content (AvgIpc) is 2.19. The Kier molecular flexibility index (Phi) is 3.59. The normalized spacial score (nSPS) is 9.38. The fourth-order valence-electron chi connectivity index (χ4n) is 0.855. The topological polar surface area (TPSA) is 21.6 Å². The van der Waals surface area contributed by atoms with Gasteiger partial charge in [-0.3, -0.25) is 4.99 Å². The molecule has 0 bridgehead atoms. The first kappa shape index (κ1) is 9.34. The van der Waals surface area contributed by atoms with E-state index < -0.39 is 0 Å². The monoisotopic (exact) mass is 173 g/mol. The van der Waals surface area contributed by atoms with Crippen molar-refractivity contribution in [3.63, 3.8) is 0 Å². The van der Waals surface area contributed by atoms with Crippen LogP contribution >= 0.6 is 0 Å². The second-order valence-corrected chi connectivity index (χ2v) is 2.39. The second-order valence-electron chi connectivity index (χ2n) is 2.39. The molecule has 0 spiro atoms. The lowest BCUT2D eigenvalue weighted by Gasteiger charge is -1.96. The Bertz CT molecular complexity index is 341. The Morgan fingerprint density at radius 3 is 2.54 bits per heavy atom. The molecule has 13 heavy (non-hydrogen) atoms. The molecule has 0 N–H and O–H groups in total. The van der Waals surface area contributed by atoms with Crippen LogP contribution in [0.5, 0.6) is 5.75 Å². The summed E-state index contributed by atoms with van der Waals surface area (Å²) in [7, 11) is 3.34. The van der Waals surface area contributed by atoms with Crippen LogP contribution in [0, 0.1) is 11.8 Å². The van der Waals surface area contributed by atoms with E-state index in [0.29, 0.717) is 0 Å². The maximum atomic E-state index is 5.02. The number of hydrogen-bond acceptors (Lipinski definition) is 2. The Hall–Kier alpha value is -1.75. The molecule has 2 heteroatoms. The summed E-state index contributed by atoms with van der Waals surface area (Å²) in [6.45, 7) is 0. The molecular formula is C11H11NO. The largest absolute Gasteiger partial charge is 0.497 e. The molecule has 1 aromatic rings. The van der Waals surface area contributed by atoms with Crippen LogP contribution in [0.25, 0.3) is 0 Å². The van der Waals surface area contributed by atoms with E-state index in [-0.39, 0.29) is 0 Å². The lowest BCUT2D eigenvalue weighted by Crippen LogP contribution is -1.81. The smallest absolute Gasteiger partial charge is 0.118 e. The summed E-state index contributed by atoms with van der Waals surface area (Å²) in [5, 5.41) is 0. The van der Waals surface area contributed by atoms with Gasteiger partial charge in [0.1, 0.15) is 5.75 Å². The van der Waals surface area contributed by atoms with E-state index in [0.717, 1.165) is 11.3 Å². The fourth-order valence-corrected chi connectivity index (χ4v) is 0.855. The van der Waals surface area contributed by atoms with Crippen molar-refractivity contribution >= 4 is 6.21 Å². The first-order chi connectivity index (χ1) is 6.36. The van der Waals surface area contributed by atoms with Crippen LogP contribution in [-0.4, -0.2) is 20.4 Å². The fraction of sp³-hybridized carbons (Fsp3) is 0.182. The maximum Gasteiger partial charge on any atom is 0.118 e. The van der Waals surface area contributed by atoms with E-state index in [9.17, 15) is 0 Å². The summed E-state index contributed by atoms with van der Waals surface area (Å²) in [4.78, 5) is 3.76. The zero-order chi connectivity index (χ0) is 9.52. The van der Waals surface area contributed by atoms with Crippen LogP contribution in [0.1, 0.15) is 5.56 Å². The Morgan fingerprint density at radius 2 is 2.00 bits per heavy atom. The van der Waals surface area contributed by atoms with E-state index in [1.54, 1.807) is 20.4 Å². The highest BCUT2D eigenvalue weighted by Gasteiger charge is 1.88. The standard InChI is InChI=1S/C11H11NO/c1-12-9-3-4-10-5-7-11(13-2)8-6-10/h5-9H,1-2H3. The van der Waals surface area contributed by atoms with Crippen molar-refractivity contribution in [1.29, 1.82) is 0 Å². The molecule has 0 amide bonds. The Labute approximate surface area is 78.3 Å². The minimum atomic E-state index is 0.842. The van der Waals surface area contributed by atoms with Crippen LogP contribution < -0.4 is 4.74 Å². The molecular weight excluding hydrogens is 162 g/mol. The molecule has 2 nitrogen and oxygen atoms in total. The van der Waals surface area contributed by atoms with Crippen LogP contribution in [0.3, 0.4) is 0 Å². The van der Waals surface area contributed by atoms with Gasteiger partial charge < -0.3 is 4.74 Å². The minimum absolute atomic E-state index is 0.842. The van der Waals surface area contributed by atoms with Crippen LogP contribution in [0.4, 0.5) is 0 Å². The van der Waals surface area contributed by atoms with Crippen molar-refractivity contribution in [3.8, 4) is 17.6 Å². The van der Waals surface area contributed by atoms with Gasteiger partial charge in [0.25, 0.3) is 0 Å². The summed E-state index contributed by atoms with van der Waals surface area (Å²) < 4.78 is 5.02. The number of benzene rings is 1. The highest BCUT2D eigenvalue weighted by molar-refractivity contribution is 5.79. The van der Waals surface area contributed by atoms with Gasteiger partial charge in [-0.15, -0.1) is 0 Å². The number of ether oxygens (including phenoxy) is 1. The van der Waals surface area contributed by atoms with Crippen molar-refractivity contribution in [3.05, 3.63) is 29.8 Å². The van der Waals surface area contributed by atoms with Gasteiger partial charge in [0.2, 0.25) is 0 Å². The lowest BCUT2D eigenvalue weighted by molar-refractivity contribution is 0.415. The van der Waals surface area contributed by atoms with Crippen molar-refractivity contribution < 1.29 is 4.74 Å². The van der Waals surface area contributed by atoms with Gasteiger partial charge in [-0.1, -0.05) is 5.92 Å². The van der Waals surface area contributed by atoms with Gasteiger partial charge in [-0.2, -0.15) is 0 Å². The van der Waals surface area contributed by atoms with Gasteiger partial charge in [-0.05, 0) is 30.2 Å². The van der Waals surface area contributed by atoms with Crippen LogP contribution in [-0.2, 0) is 0 Å². The Morgan fingerprint density at radius 1 is 1.31 bits per heavy atom. The molecule has 66 valence electrons. The third-order valence-electron chi connectivity index (χ3n) is 1.50. The van der Waals surface area contributed by atoms with Gasteiger partial charge >= 0.3 is 0 Å². The van der Waals surface area contributed by atoms with Crippen molar-refractivity contribution in [1.82, 2.24) is 0 Å². The van der Waals surface area contributed by atoms with Crippen molar-refractivity contribution in [2.75, 3.05) is 14.2 Å². The average molecular weight is 173 g/mol. The first-order valence-electron chi connectivity index (χ1n) is 3.93. The predicted molar refractivity (Wildman–Crippen MR) is 54.3 cm³/mol. The predicted octanol–water partition coefficient (Wildman–Crippen LogP) is 1.75. The van der Waals surface area contributed by atoms with E-state index in [2.05, 4.69) is 16.8 Å². The molecule has 0 aliphatic rings. The molecule has 0 aliphatic carbocycles.